The Bertz CT molecular complexity index is 586. The topological polar surface area (TPSA) is 64.1 Å². The molecule has 1 N–H and O–H groups in total. The van der Waals surface area contributed by atoms with Crippen molar-refractivity contribution < 1.29 is 19.1 Å². The van der Waals surface area contributed by atoms with Crippen LogP contribution in [-0.2, 0) is 4.79 Å². The largest absolute Gasteiger partial charge is 0.480 e. The maximum atomic E-state index is 14.4. The monoisotopic (exact) mass is 323 g/mol. The molecule has 1 fully saturated rings. The number of piperazine rings is 1. The lowest BCUT2D eigenvalue weighted by molar-refractivity contribution is -0.137. The molecule has 7 heteroatoms. The Labute approximate surface area is 135 Å². The average Bonchev–Trinajstić information content (AvgIpc) is 2.53. The first-order valence-electron chi connectivity index (χ1n) is 7.66. The number of benzene rings is 1. The Morgan fingerprint density at radius 1 is 1.26 bits per heavy atom. The zero-order chi connectivity index (χ0) is 17.0. The number of carbonyl (C=O) groups is 2. The first-order chi connectivity index (χ1) is 10.9. The second kappa shape index (κ2) is 7.41. The minimum Gasteiger partial charge on any atom is -0.480 e. The van der Waals surface area contributed by atoms with Crippen LogP contribution in [0.2, 0.25) is 0 Å². The van der Waals surface area contributed by atoms with Gasteiger partial charge >= 0.3 is 5.97 Å². The highest BCUT2D eigenvalue weighted by Crippen LogP contribution is 2.22. The summed E-state index contributed by atoms with van der Waals surface area (Å²) in [6.45, 7) is 5.94. The number of hydrogen-bond acceptors (Lipinski definition) is 4. The predicted octanol–water partition coefficient (Wildman–Crippen LogP) is 1.12. The lowest BCUT2D eigenvalue weighted by Crippen LogP contribution is -2.46. The highest BCUT2D eigenvalue weighted by molar-refractivity contribution is 5.96. The van der Waals surface area contributed by atoms with E-state index in [0.717, 1.165) is 37.6 Å². The van der Waals surface area contributed by atoms with Crippen molar-refractivity contribution >= 4 is 17.6 Å². The van der Waals surface area contributed by atoms with Gasteiger partial charge in [-0.3, -0.25) is 9.59 Å². The molecule has 0 aliphatic carbocycles. The van der Waals surface area contributed by atoms with E-state index in [1.807, 2.05) is 4.90 Å². The molecule has 1 aliphatic heterocycles. The lowest BCUT2D eigenvalue weighted by Gasteiger charge is -2.35. The van der Waals surface area contributed by atoms with Crippen LogP contribution >= 0.6 is 0 Å². The third-order valence-corrected chi connectivity index (χ3v) is 4.07. The summed E-state index contributed by atoms with van der Waals surface area (Å²) >= 11 is 0. The van der Waals surface area contributed by atoms with Gasteiger partial charge in [0.15, 0.2) is 0 Å². The van der Waals surface area contributed by atoms with Crippen molar-refractivity contribution in [3.8, 4) is 0 Å². The number of anilines is 1. The summed E-state index contributed by atoms with van der Waals surface area (Å²) in [6, 6.07) is 4.33. The number of halogens is 1. The van der Waals surface area contributed by atoms with Crippen LogP contribution in [0.1, 0.15) is 17.3 Å². The molecule has 126 valence electrons. The predicted molar refractivity (Wildman–Crippen MR) is 85.3 cm³/mol. The van der Waals surface area contributed by atoms with Gasteiger partial charge in [-0.15, -0.1) is 0 Å². The zero-order valence-electron chi connectivity index (χ0n) is 13.5. The molecule has 0 spiro atoms. The van der Waals surface area contributed by atoms with Crippen LogP contribution in [0.25, 0.3) is 0 Å². The van der Waals surface area contributed by atoms with Crippen molar-refractivity contribution in [2.24, 2.45) is 0 Å². The van der Waals surface area contributed by atoms with Crippen LogP contribution in [0, 0.1) is 5.82 Å². The number of hydrogen-bond donors (Lipinski definition) is 1. The number of likely N-dealkylation sites (N-methyl/N-ethyl adjacent to an activating group) is 2. The molecule has 1 amide bonds. The fraction of sp³-hybridized carbons (Fsp3) is 0.500. The van der Waals surface area contributed by atoms with Gasteiger partial charge in [-0.25, -0.2) is 4.39 Å². The maximum absolute atomic E-state index is 14.4. The maximum Gasteiger partial charge on any atom is 0.323 e. The van der Waals surface area contributed by atoms with Crippen LogP contribution in [0.3, 0.4) is 0 Å². The minimum absolute atomic E-state index is 0.155. The van der Waals surface area contributed by atoms with Gasteiger partial charge in [0.2, 0.25) is 0 Å². The molecule has 0 bridgehead atoms. The second-order valence-corrected chi connectivity index (χ2v) is 5.64. The Kier molecular flexibility index (Phi) is 5.54. The fourth-order valence-electron chi connectivity index (χ4n) is 2.70. The SMILES string of the molecule is CCN1CCN(c2ccc(C(=O)N(C)CC(=O)O)cc2F)CC1. The number of carbonyl (C=O) groups excluding carboxylic acids is 1. The Balaban J connectivity index is 2.09. The molecule has 1 saturated heterocycles. The summed E-state index contributed by atoms with van der Waals surface area (Å²) in [4.78, 5) is 28.0. The molecule has 6 nitrogen and oxygen atoms in total. The minimum atomic E-state index is -1.10. The van der Waals surface area contributed by atoms with Gasteiger partial charge < -0.3 is 19.8 Å². The third kappa shape index (κ3) is 4.19. The van der Waals surface area contributed by atoms with Gasteiger partial charge in [0, 0.05) is 38.8 Å². The van der Waals surface area contributed by atoms with Gasteiger partial charge in [0.05, 0.1) is 5.69 Å². The van der Waals surface area contributed by atoms with Crippen molar-refractivity contribution in [1.29, 1.82) is 0 Å². The Morgan fingerprint density at radius 3 is 2.43 bits per heavy atom. The molecule has 1 aromatic carbocycles. The first-order valence-corrected chi connectivity index (χ1v) is 7.66. The summed E-state index contributed by atoms with van der Waals surface area (Å²) in [7, 11) is 1.38. The van der Waals surface area contributed by atoms with Crippen molar-refractivity contribution in [3.63, 3.8) is 0 Å². The lowest BCUT2D eigenvalue weighted by atomic mass is 10.1. The highest BCUT2D eigenvalue weighted by atomic mass is 19.1. The van der Waals surface area contributed by atoms with Crippen LogP contribution in [0.4, 0.5) is 10.1 Å². The summed E-state index contributed by atoms with van der Waals surface area (Å²) in [5, 5.41) is 8.71. The van der Waals surface area contributed by atoms with E-state index >= 15 is 0 Å². The normalized spacial score (nSPS) is 15.5. The zero-order valence-corrected chi connectivity index (χ0v) is 13.5. The summed E-state index contributed by atoms with van der Waals surface area (Å²) < 4.78 is 14.4. The third-order valence-electron chi connectivity index (χ3n) is 4.07. The van der Waals surface area contributed by atoms with E-state index in [4.69, 9.17) is 5.11 Å². The molecule has 1 aromatic rings. The van der Waals surface area contributed by atoms with Crippen LogP contribution in [0.15, 0.2) is 18.2 Å². The molecule has 0 unspecified atom stereocenters. The standard InChI is InChI=1S/C16H22FN3O3/c1-3-19-6-8-20(9-7-19)14-5-4-12(10-13(14)17)16(23)18(2)11-15(21)22/h4-5,10H,3,6-9,11H2,1-2H3,(H,21,22). The molecular formula is C16H22FN3O3. The number of carboxylic acid groups (broad SMARTS) is 1. The van der Waals surface area contributed by atoms with Crippen molar-refractivity contribution in [2.45, 2.75) is 6.92 Å². The first kappa shape index (κ1) is 17.2. The fourth-order valence-corrected chi connectivity index (χ4v) is 2.70. The number of nitrogens with zero attached hydrogens (tertiary/aromatic N) is 3. The number of aliphatic carboxylic acids is 1. The quantitative estimate of drug-likeness (QED) is 0.880. The van der Waals surface area contributed by atoms with Gasteiger partial charge in [-0.2, -0.15) is 0 Å². The molecule has 2 rings (SSSR count). The second-order valence-electron chi connectivity index (χ2n) is 5.64. The number of rotatable bonds is 5. The molecule has 0 saturated carbocycles. The summed E-state index contributed by atoms with van der Waals surface area (Å²) in [5.74, 6) is -2.06. The molecule has 0 radical (unpaired) electrons. The average molecular weight is 323 g/mol. The van der Waals surface area contributed by atoms with Gasteiger partial charge in [-0.1, -0.05) is 6.92 Å². The number of carboxylic acids is 1. The van der Waals surface area contributed by atoms with Gasteiger partial charge in [0.25, 0.3) is 5.91 Å². The molecular weight excluding hydrogens is 301 g/mol. The Morgan fingerprint density at radius 2 is 1.91 bits per heavy atom. The molecule has 23 heavy (non-hydrogen) atoms. The van der Waals surface area contributed by atoms with Crippen LogP contribution in [-0.4, -0.2) is 73.1 Å². The van der Waals surface area contributed by atoms with Crippen LogP contribution < -0.4 is 4.90 Å². The summed E-state index contributed by atoms with van der Waals surface area (Å²) in [6.07, 6.45) is 0. The van der Waals surface area contributed by atoms with E-state index in [1.54, 1.807) is 12.1 Å². The van der Waals surface area contributed by atoms with E-state index < -0.39 is 24.2 Å². The van der Waals surface area contributed by atoms with E-state index in [-0.39, 0.29) is 5.56 Å². The molecule has 0 atom stereocenters. The van der Waals surface area contributed by atoms with E-state index in [1.165, 1.54) is 13.1 Å². The van der Waals surface area contributed by atoms with Gasteiger partial charge in [0.1, 0.15) is 12.4 Å². The van der Waals surface area contributed by atoms with E-state index in [9.17, 15) is 14.0 Å². The summed E-state index contributed by atoms with van der Waals surface area (Å²) in [5.41, 5.74) is 0.639. The molecule has 1 heterocycles. The molecule has 1 aliphatic rings. The highest BCUT2D eigenvalue weighted by Gasteiger charge is 2.21. The van der Waals surface area contributed by atoms with Crippen molar-refractivity contribution in [2.75, 3.05) is 51.2 Å². The van der Waals surface area contributed by atoms with Gasteiger partial charge in [-0.05, 0) is 24.7 Å². The molecule has 0 aromatic heterocycles. The van der Waals surface area contributed by atoms with Crippen LogP contribution in [0.5, 0.6) is 0 Å². The van der Waals surface area contributed by atoms with E-state index in [2.05, 4.69) is 11.8 Å². The van der Waals surface area contributed by atoms with Crippen molar-refractivity contribution in [3.05, 3.63) is 29.6 Å². The van der Waals surface area contributed by atoms with Crippen molar-refractivity contribution in [1.82, 2.24) is 9.80 Å². The Hall–Kier alpha value is -2.15. The van der Waals surface area contributed by atoms with E-state index in [0.29, 0.717) is 5.69 Å². The smallest absolute Gasteiger partial charge is 0.323 e. The number of amides is 1.